The molecule has 12 atom stereocenters. The number of fused-ring (bicyclic) bond motifs is 2. The lowest BCUT2D eigenvalue weighted by Gasteiger charge is -2.33. The molecule has 340 valence electrons. The molecule has 3 saturated heterocycles. The van der Waals surface area contributed by atoms with Gasteiger partial charge in [0.05, 0.1) is 43.5 Å². The molecule has 1 aromatic rings. The van der Waals surface area contributed by atoms with Crippen LogP contribution in [0, 0.1) is 5.92 Å². The predicted octanol–water partition coefficient (Wildman–Crippen LogP) is -8.11. The molecule has 3 aliphatic heterocycles. The van der Waals surface area contributed by atoms with Crippen LogP contribution >= 0.6 is 0 Å². The molecule has 3 fully saturated rings. The molecule has 3 aliphatic rings. The van der Waals surface area contributed by atoms with Crippen molar-refractivity contribution in [2.24, 2.45) is 17.4 Å². The first-order chi connectivity index (χ1) is 28.4. The Hall–Kier alpha value is -5.26. The van der Waals surface area contributed by atoms with E-state index in [2.05, 4.69) is 25.5 Å². The van der Waals surface area contributed by atoms with Crippen LogP contribution < -0.4 is 36.9 Å². The summed E-state index contributed by atoms with van der Waals surface area (Å²) < 4.78 is 36.1. The summed E-state index contributed by atoms with van der Waals surface area (Å²) in [5, 5.41) is 83.7. The maximum atomic E-state index is 14.2. The molecule has 0 aromatic heterocycles. The summed E-state index contributed by atoms with van der Waals surface area (Å²) in [4.78, 5) is 96.0. The molecular formula is C34H50N8O18S. The second kappa shape index (κ2) is 20.1. The van der Waals surface area contributed by atoms with Gasteiger partial charge < -0.3 is 82.5 Å². The number of nitrogens with one attached hydrogen (secondary N) is 4. The summed E-state index contributed by atoms with van der Waals surface area (Å²) in [5.41, 5.74) is 11.1. The first-order valence-corrected chi connectivity index (χ1v) is 20.1. The van der Waals surface area contributed by atoms with Crippen molar-refractivity contribution < 1.29 is 86.5 Å². The summed E-state index contributed by atoms with van der Waals surface area (Å²) in [5.74, 6) is -10.9. The highest BCUT2D eigenvalue weighted by atomic mass is 32.3. The molecule has 0 bridgehead atoms. The van der Waals surface area contributed by atoms with Gasteiger partial charge in [-0.25, -0.2) is 0 Å². The Morgan fingerprint density at radius 3 is 2.16 bits per heavy atom. The topological polar surface area (TPSA) is 431 Å². The van der Waals surface area contributed by atoms with Gasteiger partial charge in [-0.15, -0.1) is 0 Å². The normalized spacial score (nSPS) is 31.1. The van der Waals surface area contributed by atoms with E-state index in [1.165, 1.54) is 6.92 Å². The van der Waals surface area contributed by atoms with Gasteiger partial charge in [-0.05, 0) is 30.5 Å². The Kier molecular flexibility index (Phi) is 15.9. The van der Waals surface area contributed by atoms with Crippen LogP contribution in [-0.2, 0) is 50.4 Å². The molecule has 4 rings (SSSR count). The standard InChI is InChI=1S/C34H50N8O18S/c1-13-10-42-27(28(13)50)32(54)38-24(49)5-3-16(35)29(51)37-17(12-43)33(55)41-11-15(44)8-18(41)30(52)39-25(31(53)40-26(34(42)56)21(47)9-23(36)48)20(46)6-14-2-4-19(45)22(7-14)60-61(57,58)59/h2,4,7,13,15-18,20-21,24-28,43-47,49-50H,3,5-6,8-12,35H2,1H3,(H2,36,48)(H,37,51)(H,38,54)(H,39,52)(H,40,53)(H,57,58,59)/t13?,15?,16?,17?,18?,20?,21?,24?,25?,26-,27?,28?/m0/s1. The van der Waals surface area contributed by atoms with Gasteiger partial charge in [0, 0.05) is 31.8 Å². The van der Waals surface area contributed by atoms with Crippen LogP contribution in [0.2, 0.25) is 0 Å². The fourth-order valence-electron chi connectivity index (χ4n) is 7.19. The lowest BCUT2D eigenvalue weighted by Crippen LogP contribution is -2.64. The third-order valence-corrected chi connectivity index (χ3v) is 10.7. The van der Waals surface area contributed by atoms with E-state index in [4.69, 9.17) is 16.0 Å². The number of phenols is 1. The minimum absolute atomic E-state index is 0.112. The van der Waals surface area contributed by atoms with E-state index in [1.54, 1.807) is 0 Å². The van der Waals surface area contributed by atoms with Crippen molar-refractivity contribution in [3.63, 3.8) is 0 Å². The van der Waals surface area contributed by atoms with E-state index in [0.717, 1.165) is 28.0 Å². The highest BCUT2D eigenvalue weighted by Gasteiger charge is 2.49. The molecule has 61 heavy (non-hydrogen) atoms. The van der Waals surface area contributed by atoms with Crippen molar-refractivity contribution in [1.29, 1.82) is 0 Å². The average Bonchev–Trinajstić information content (AvgIpc) is 3.71. The molecular weight excluding hydrogens is 840 g/mol. The molecule has 0 aliphatic carbocycles. The summed E-state index contributed by atoms with van der Waals surface area (Å²) >= 11 is 0. The Morgan fingerprint density at radius 1 is 0.885 bits per heavy atom. The predicted molar refractivity (Wildman–Crippen MR) is 201 cm³/mol. The molecule has 27 heteroatoms. The van der Waals surface area contributed by atoms with Crippen molar-refractivity contribution in [3.05, 3.63) is 23.8 Å². The number of hydrogen-bond acceptors (Lipinski definition) is 18. The Morgan fingerprint density at radius 2 is 1.54 bits per heavy atom. The van der Waals surface area contributed by atoms with Crippen LogP contribution in [0.4, 0.5) is 0 Å². The summed E-state index contributed by atoms with van der Waals surface area (Å²) in [6.07, 6.45) is -12.0. The average molecular weight is 891 g/mol. The van der Waals surface area contributed by atoms with E-state index < -0.39 is 181 Å². The zero-order valence-corrected chi connectivity index (χ0v) is 33.3. The smallest absolute Gasteiger partial charge is 0.446 e. The number of hydrogen-bond donors (Lipinski definition) is 14. The van der Waals surface area contributed by atoms with E-state index in [0.29, 0.717) is 0 Å². The van der Waals surface area contributed by atoms with E-state index in [1.807, 2.05) is 0 Å². The second-order valence-corrected chi connectivity index (χ2v) is 16.1. The summed E-state index contributed by atoms with van der Waals surface area (Å²) in [7, 11) is -5.19. The van der Waals surface area contributed by atoms with Crippen molar-refractivity contribution in [3.8, 4) is 11.5 Å². The highest BCUT2D eigenvalue weighted by Crippen LogP contribution is 2.29. The van der Waals surface area contributed by atoms with Crippen molar-refractivity contribution in [1.82, 2.24) is 31.1 Å². The third kappa shape index (κ3) is 12.2. The number of amides is 7. The van der Waals surface area contributed by atoms with Crippen LogP contribution in [0.1, 0.15) is 38.2 Å². The largest absolute Gasteiger partial charge is 0.504 e. The zero-order valence-electron chi connectivity index (χ0n) is 32.4. The lowest BCUT2D eigenvalue weighted by atomic mass is 9.98. The van der Waals surface area contributed by atoms with Gasteiger partial charge in [0.2, 0.25) is 41.4 Å². The molecule has 1 aromatic carbocycles. The first-order valence-electron chi connectivity index (χ1n) is 18.8. The molecule has 11 unspecified atom stereocenters. The van der Waals surface area contributed by atoms with E-state index in [-0.39, 0.29) is 12.0 Å². The Balaban J connectivity index is 1.82. The number of primary amides is 1. The molecule has 0 spiro atoms. The number of carbonyl (C=O) groups is 7. The summed E-state index contributed by atoms with van der Waals surface area (Å²) in [6, 6.07) is -8.30. The van der Waals surface area contributed by atoms with Gasteiger partial charge in [0.15, 0.2) is 11.5 Å². The van der Waals surface area contributed by atoms with Crippen LogP contribution in [0.5, 0.6) is 11.5 Å². The molecule has 7 amide bonds. The molecule has 16 N–H and O–H groups in total. The molecule has 0 radical (unpaired) electrons. The number of phenolic OH excluding ortho intramolecular Hbond substituents is 1. The minimum Gasteiger partial charge on any atom is -0.504 e. The number of aliphatic hydroxyl groups is 6. The molecule has 0 saturated carbocycles. The van der Waals surface area contributed by atoms with Gasteiger partial charge in [-0.3, -0.25) is 38.1 Å². The van der Waals surface area contributed by atoms with Crippen LogP contribution in [0.25, 0.3) is 0 Å². The van der Waals surface area contributed by atoms with Gasteiger partial charge in [-0.2, -0.15) is 8.42 Å². The highest BCUT2D eigenvalue weighted by molar-refractivity contribution is 7.81. The summed E-state index contributed by atoms with van der Waals surface area (Å²) in [6.45, 7) is -0.540. The second-order valence-electron chi connectivity index (χ2n) is 15.0. The van der Waals surface area contributed by atoms with Gasteiger partial charge >= 0.3 is 10.4 Å². The molecule has 26 nitrogen and oxygen atoms in total. The van der Waals surface area contributed by atoms with Crippen LogP contribution in [0.3, 0.4) is 0 Å². The van der Waals surface area contributed by atoms with Crippen molar-refractivity contribution in [2.45, 2.75) is 106 Å². The maximum Gasteiger partial charge on any atom is 0.446 e. The number of benzene rings is 1. The van der Waals surface area contributed by atoms with Crippen molar-refractivity contribution in [2.75, 3.05) is 19.7 Å². The lowest BCUT2D eigenvalue weighted by molar-refractivity contribution is -0.148. The molecule has 3 heterocycles. The number of aromatic hydroxyl groups is 1. The monoisotopic (exact) mass is 890 g/mol. The van der Waals surface area contributed by atoms with Gasteiger partial charge in [-0.1, -0.05) is 13.0 Å². The Bertz CT molecular complexity index is 1960. The Labute approximate surface area is 347 Å². The maximum absolute atomic E-state index is 14.2. The van der Waals surface area contributed by atoms with Crippen molar-refractivity contribution >= 4 is 51.7 Å². The fourth-order valence-corrected chi connectivity index (χ4v) is 7.55. The van der Waals surface area contributed by atoms with Crippen LogP contribution in [-0.4, -0.2) is 186 Å². The van der Waals surface area contributed by atoms with E-state index in [9.17, 15) is 77.7 Å². The third-order valence-electron chi connectivity index (χ3n) is 10.3. The van der Waals surface area contributed by atoms with Crippen LogP contribution in [0.15, 0.2) is 18.2 Å². The van der Waals surface area contributed by atoms with Gasteiger partial charge in [0.25, 0.3) is 0 Å². The number of carbonyl (C=O) groups excluding carboxylic acids is 7. The van der Waals surface area contributed by atoms with Gasteiger partial charge in [0.1, 0.15) is 36.4 Å². The minimum atomic E-state index is -5.19. The zero-order chi connectivity index (χ0) is 45.7. The SMILES string of the molecule is CC1CN2C(=O)[C@H](C(O)CC(N)=O)NC(=O)C(C(O)Cc3ccc(O)c(OS(=O)(=O)O)c3)NC(=O)C3CC(O)CN3C(=O)C(CO)NC(=O)C(N)CCC(O)NC(=O)C2C1O. The first kappa shape index (κ1) is 48.4. The number of rotatable bonds is 9. The number of aliphatic hydroxyl groups excluding tert-OH is 6. The number of nitrogens with zero attached hydrogens (tertiary/aromatic N) is 2. The fraction of sp³-hybridized carbons (Fsp3) is 0.618. The quantitative estimate of drug-likeness (QED) is 0.102. The number of nitrogens with two attached hydrogens (primary N) is 2. The van der Waals surface area contributed by atoms with E-state index >= 15 is 0 Å².